The number of carbonyl (C=O) groups excluding carboxylic acids is 2. The van der Waals surface area contributed by atoms with Gasteiger partial charge in [-0.3, -0.25) is 25.1 Å². The van der Waals surface area contributed by atoms with Crippen molar-refractivity contribution in [3.63, 3.8) is 0 Å². The lowest BCUT2D eigenvalue weighted by molar-refractivity contribution is 0.0846. The fourth-order valence-electron chi connectivity index (χ4n) is 2.16. The number of aromatic nitrogens is 2. The highest BCUT2D eigenvalue weighted by atomic mass is 79.9. The zero-order chi connectivity index (χ0) is 17.7. The highest BCUT2D eigenvalue weighted by Crippen LogP contribution is 2.20. The van der Waals surface area contributed by atoms with Crippen LogP contribution in [-0.2, 0) is 6.54 Å². The van der Waals surface area contributed by atoms with E-state index in [0.717, 1.165) is 12.8 Å². The Labute approximate surface area is 153 Å². The van der Waals surface area contributed by atoms with E-state index in [0.29, 0.717) is 22.3 Å². The number of nitrogens with zero attached hydrogens (tertiary/aromatic N) is 2. The molecule has 1 aromatic carbocycles. The average molecular weight is 414 g/mol. The van der Waals surface area contributed by atoms with Crippen LogP contribution in [0, 0.1) is 6.92 Å². The van der Waals surface area contributed by atoms with Crippen LogP contribution in [0.5, 0.6) is 0 Å². The molecule has 0 bridgehead atoms. The molecule has 6 nitrogen and oxygen atoms in total. The van der Waals surface area contributed by atoms with E-state index in [1.807, 2.05) is 0 Å². The molecular formula is C16H18BrClN4O2. The lowest BCUT2D eigenvalue weighted by atomic mass is 10.2. The highest BCUT2D eigenvalue weighted by molar-refractivity contribution is 9.10. The molecule has 0 aliphatic carbocycles. The average Bonchev–Trinajstić information content (AvgIpc) is 2.84. The summed E-state index contributed by atoms with van der Waals surface area (Å²) in [6, 6.07) is 6.93. The van der Waals surface area contributed by atoms with Crippen molar-refractivity contribution < 1.29 is 9.59 Å². The first-order valence-electron chi connectivity index (χ1n) is 7.53. The van der Waals surface area contributed by atoms with E-state index in [2.05, 4.69) is 38.8 Å². The summed E-state index contributed by atoms with van der Waals surface area (Å²) in [5, 5.41) is 4.54. The molecule has 0 fully saturated rings. The fourth-order valence-corrected chi connectivity index (χ4v) is 2.97. The van der Waals surface area contributed by atoms with Crippen molar-refractivity contribution in [1.29, 1.82) is 0 Å². The zero-order valence-electron chi connectivity index (χ0n) is 13.4. The van der Waals surface area contributed by atoms with Crippen molar-refractivity contribution in [3.05, 3.63) is 50.7 Å². The van der Waals surface area contributed by atoms with E-state index in [-0.39, 0.29) is 10.7 Å². The Morgan fingerprint density at radius 3 is 2.58 bits per heavy atom. The van der Waals surface area contributed by atoms with E-state index >= 15 is 0 Å². The molecule has 1 heterocycles. The Hall–Kier alpha value is -1.86. The van der Waals surface area contributed by atoms with Crippen molar-refractivity contribution >= 4 is 39.3 Å². The van der Waals surface area contributed by atoms with Crippen molar-refractivity contribution in [2.24, 2.45) is 0 Å². The third-order valence-corrected chi connectivity index (χ3v) is 4.50. The van der Waals surface area contributed by atoms with Gasteiger partial charge in [0.1, 0.15) is 10.7 Å². The molecule has 2 N–H and O–H groups in total. The van der Waals surface area contributed by atoms with Crippen LogP contribution in [0.4, 0.5) is 0 Å². The number of unbranched alkanes of at least 4 members (excludes halogenated alkanes) is 1. The van der Waals surface area contributed by atoms with E-state index in [9.17, 15) is 9.59 Å². The van der Waals surface area contributed by atoms with Gasteiger partial charge in [0.2, 0.25) is 0 Å². The topological polar surface area (TPSA) is 76.0 Å². The van der Waals surface area contributed by atoms with Crippen LogP contribution in [0.3, 0.4) is 0 Å². The molecule has 2 amide bonds. The van der Waals surface area contributed by atoms with Gasteiger partial charge in [0.25, 0.3) is 11.8 Å². The standard InChI is InChI=1S/C16H18BrClN4O2/c1-3-4-9-22-14(18)13(10(2)21-22)16(24)20-19-15(23)11-7-5-6-8-12(11)17/h5-8H,3-4,9H2,1-2H3,(H,19,23)(H,20,24). The van der Waals surface area contributed by atoms with Gasteiger partial charge in [0.15, 0.2) is 0 Å². The molecule has 0 unspecified atom stereocenters. The van der Waals surface area contributed by atoms with Crippen molar-refractivity contribution in [2.45, 2.75) is 33.2 Å². The van der Waals surface area contributed by atoms with E-state index < -0.39 is 11.8 Å². The molecule has 0 atom stereocenters. The minimum Gasteiger partial charge on any atom is -0.267 e. The first kappa shape index (κ1) is 18.5. The maximum Gasteiger partial charge on any atom is 0.274 e. The summed E-state index contributed by atoms with van der Waals surface area (Å²) in [6.45, 7) is 4.42. The van der Waals surface area contributed by atoms with Gasteiger partial charge in [-0.15, -0.1) is 0 Å². The molecule has 0 radical (unpaired) electrons. The van der Waals surface area contributed by atoms with Crippen molar-refractivity contribution in [3.8, 4) is 0 Å². The number of benzene rings is 1. The Kier molecular flexibility index (Phi) is 6.39. The first-order chi connectivity index (χ1) is 11.5. The van der Waals surface area contributed by atoms with Crippen molar-refractivity contribution in [1.82, 2.24) is 20.6 Å². The number of rotatable bonds is 5. The predicted molar refractivity (Wildman–Crippen MR) is 96.0 cm³/mol. The van der Waals surface area contributed by atoms with Gasteiger partial charge in [-0.1, -0.05) is 37.1 Å². The summed E-state index contributed by atoms with van der Waals surface area (Å²) in [7, 11) is 0. The molecule has 1 aromatic heterocycles. The molecule has 2 rings (SSSR count). The maximum atomic E-state index is 12.3. The summed E-state index contributed by atoms with van der Waals surface area (Å²) in [4.78, 5) is 24.4. The van der Waals surface area contributed by atoms with Crippen LogP contribution in [0.2, 0.25) is 5.15 Å². The summed E-state index contributed by atoms with van der Waals surface area (Å²) in [6.07, 6.45) is 1.92. The Morgan fingerprint density at radius 2 is 1.92 bits per heavy atom. The largest absolute Gasteiger partial charge is 0.274 e. The number of nitrogens with one attached hydrogen (secondary N) is 2. The van der Waals surface area contributed by atoms with Crippen LogP contribution in [0.1, 0.15) is 46.2 Å². The number of hydrogen-bond acceptors (Lipinski definition) is 3. The third kappa shape index (κ3) is 4.15. The second-order valence-electron chi connectivity index (χ2n) is 5.22. The first-order valence-corrected chi connectivity index (χ1v) is 8.71. The third-order valence-electron chi connectivity index (χ3n) is 3.42. The van der Waals surface area contributed by atoms with Gasteiger partial charge in [-0.2, -0.15) is 5.10 Å². The second-order valence-corrected chi connectivity index (χ2v) is 6.43. The molecule has 8 heteroatoms. The second kappa shape index (κ2) is 8.30. The van der Waals surface area contributed by atoms with Crippen LogP contribution >= 0.6 is 27.5 Å². The maximum absolute atomic E-state index is 12.3. The van der Waals surface area contributed by atoms with Crippen molar-refractivity contribution in [2.75, 3.05) is 0 Å². The minimum atomic E-state index is -0.499. The lowest BCUT2D eigenvalue weighted by Crippen LogP contribution is -2.42. The molecule has 0 saturated heterocycles. The number of hydrazine groups is 1. The summed E-state index contributed by atoms with van der Waals surface area (Å²) < 4.78 is 2.24. The van der Waals surface area contributed by atoms with Crippen LogP contribution in [0.15, 0.2) is 28.7 Å². The zero-order valence-corrected chi connectivity index (χ0v) is 15.7. The van der Waals surface area contributed by atoms with E-state index in [1.54, 1.807) is 35.9 Å². The molecule has 0 saturated carbocycles. The Morgan fingerprint density at radius 1 is 1.25 bits per heavy atom. The van der Waals surface area contributed by atoms with Gasteiger partial charge in [-0.25, -0.2) is 0 Å². The molecule has 2 aromatic rings. The normalized spacial score (nSPS) is 10.5. The summed E-state index contributed by atoms with van der Waals surface area (Å²) >= 11 is 9.53. The van der Waals surface area contributed by atoms with Gasteiger partial charge in [-0.05, 0) is 41.4 Å². The Bertz CT molecular complexity index is 761. The predicted octanol–water partition coefficient (Wildman–Crippen LogP) is 3.48. The smallest absolute Gasteiger partial charge is 0.267 e. The van der Waals surface area contributed by atoms with Crippen LogP contribution < -0.4 is 10.9 Å². The molecule has 0 aliphatic heterocycles. The molecular weight excluding hydrogens is 396 g/mol. The minimum absolute atomic E-state index is 0.264. The number of halogens is 2. The molecule has 0 aliphatic rings. The van der Waals surface area contributed by atoms with Crippen LogP contribution in [0.25, 0.3) is 0 Å². The number of aryl methyl sites for hydroxylation is 2. The lowest BCUT2D eigenvalue weighted by Gasteiger charge is -2.08. The number of amides is 2. The molecule has 0 spiro atoms. The SMILES string of the molecule is CCCCn1nc(C)c(C(=O)NNC(=O)c2ccccc2Br)c1Cl. The summed E-state index contributed by atoms with van der Waals surface area (Å²) in [5.41, 5.74) is 5.96. The number of hydrogen-bond donors (Lipinski definition) is 2. The Balaban J connectivity index is 2.06. The van der Waals surface area contributed by atoms with E-state index in [4.69, 9.17) is 11.6 Å². The van der Waals surface area contributed by atoms with E-state index in [1.165, 1.54) is 0 Å². The van der Waals surface area contributed by atoms with Gasteiger partial charge < -0.3 is 0 Å². The van der Waals surface area contributed by atoms with Crippen LogP contribution in [-0.4, -0.2) is 21.6 Å². The highest BCUT2D eigenvalue weighted by Gasteiger charge is 2.21. The van der Waals surface area contributed by atoms with Gasteiger partial charge in [0, 0.05) is 11.0 Å². The molecule has 24 heavy (non-hydrogen) atoms. The number of carbonyl (C=O) groups is 2. The fraction of sp³-hybridized carbons (Fsp3) is 0.312. The monoisotopic (exact) mass is 412 g/mol. The quantitative estimate of drug-likeness (QED) is 0.737. The van der Waals surface area contributed by atoms with Gasteiger partial charge in [0.05, 0.1) is 11.3 Å². The van der Waals surface area contributed by atoms with Gasteiger partial charge >= 0.3 is 0 Å². The summed E-state index contributed by atoms with van der Waals surface area (Å²) in [5.74, 6) is -0.927. The molecule has 128 valence electrons.